The number of anilines is 1. The summed E-state index contributed by atoms with van der Waals surface area (Å²) in [6.45, 7) is -0.302. The van der Waals surface area contributed by atoms with Gasteiger partial charge in [-0.1, -0.05) is 48.5 Å². The molecule has 0 saturated carbocycles. The molecule has 2 unspecified atom stereocenters. The number of amides is 3. The van der Waals surface area contributed by atoms with Gasteiger partial charge in [0.1, 0.15) is 12.8 Å². The van der Waals surface area contributed by atoms with E-state index in [1.165, 1.54) is 4.90 Å². The summed E-state index contributed by atoms with van der Waals surface area (Å²) in [7, 11) is -1.49. The van der Waals surface area contributed by atoms with Gasteiger partial charge >= 0.3 is 6.03 Å². The maximum atomic E-state index is 12.7. The van der Waals surface area contributed by atoms with Crippen molar-refractivity contribution in [1.29, 1.82) is 0 Å². The number of imide groups is 1. The summed E-state index contributed by atoms with van der Waals surface area (Å²) < 4.78 is 15.4. The number of benzene rings is 2. The van der Waals surface area contributed by atoms with Crippen LogP contribution in [0.2, 0.25) is 0 Å². The minimum Gasteiger partial charge on any atom is -0.310 e. The highest BCUT2D eigenvalue weighted by Crippen LogP contribution is 2.35. The Labute approximate surface area is 134 Å². The van der Waals surface area contributed by atoms with Gasteiger partial charge in [-0.25, -0.2) is 9.69 Å². The molecule has 23 heavy (non-hydrogen) atoms. The van der Waals surface area contributed by atoms with Crippen molar-refractivity contribution in [3.63, 3.8) is 0 Å². The fourth-order valence-corrected chi connectivity index (χ4v) is 2.80. The molecule has 3 rings (SSSR count). The molecule has 2 aromatic carbocycles. The van der Waals surface area contributed by atoms with Gasteiger partial charge in [-0.3, -0.25) is 14.3 Å². The van der Waals surface area contributed by atoms with E-state index in [4.69, 9.17) is 4.52 Å². The molecule has 0 aliphatic carbocycles. The molecule has 0 bridgehead atoms. The summed E-state index contributed by atoms with van der Waals surface area (Å²) in [5, 5.41) is 0. The lowest BCUT2D eigenvalue weighted by molar-refractivity contribution is -0.129. The second-order valence-electron chi connectivity index (χ2n) is 4.96. The largest absolute Gasteiger partial charge is 0.334 e. The van der Waals surface area contributed by atoms with Crippen LogP contribution in [0, 0.1) is 0 Å². The number of carbonyl (C=O) groups excluding carboxylic acids is 2. The van der Waals surface area contributed by atoms with E-state index < -0.39 is 26.7 Å². The molecule has 1 heterocycles. The van der Waals surface area contributed by atoms with E-state index in [1.807, 2.05) is 24.3 Å². The first-order valence-electron chi connectivity index (χ1n) is 7.04. The number of hydrogen-bond acceptors (Lipinski definition) is 4. The molecule has 2 atom stereocenters. The Kier molecular flexibility index (Phi) is 4.55. The van der Waals surface area contributed by atoms with Crippen LogP contribution in [0.4, 0.5) is 10.5 Å². The van der Waals surface area contributed by atoms with Crippen molar-refractivity contribution in [2.45, 2.75) is 6.04 Å². The summed E-state index contributed by atoms with van der Waals surface area (Å²) in [5.41, 5.74) is 1.34. The van der Waals surface area contributed by atoms with Crippen LogP contribution in [-0.4, -0.2) is 23.6 Å². The number of nitrogens with zero attached hydrogens (tertiary/aromatic N) is 2. The average molecular weight is 330 g/mol. The van der Waals surface area contributed by atoms with Gasteiger partial charge in [0.2, 0.25) is 0 Å². The van der Waals surface area contributed by atoms with Crippen LogP contribution in [0.3, 0.4) is 0 Å². The molecule has 1 aliphatic rings. The van der Waals surface area contributed by atoms with Crippen molar-refractivity contribution in [3.8, 4) is 0 Å². The fourth-order valence-electron chi connectivity index (χ4n) is 2.59. The molecular formula is C16H15N2O4P. The zero-order valence-corrected chi connectivity index (χ0v) is 13.3. The molecule has 2 aromatic rings. The lowest BCUT2D eigenvalue weighted by Gasteiger charge is -2.22. The van der Waals surface area contributed by atoms with Gasteiger partial charge in [0.15, 0.2) is 8.69 Å². The van der Waals surface area contributed by atoms with Gasteiger partial charge in [0.05, 0.1) is 0 Å². The molecule has 0 N–H and O–H groups in total. The SMILES string of the molecule is O=[PH2]OCN1C(=O)C(c2ccccc2)N(c2ccccc2)C1=O. The van der Waals surface area contributed by atoms with E-state index in [2.05, 4.69) is 0 Å². The molecule has 1 saturated heterocycles. The average Bonchev–Trinajstić information content (AvgIpc) is 2.85. The third-order valence-electron chi connectivity index (χ3n) is 3.62. The first kappa shape index (κ1) is 15.5. The molecule has 0 spiro atoms. The zero-order valence-electron chi connectivity index (χ0n) is 12.2. The molecule has 118 valence electrons. The minimum atomic E-state index is -1.49. The summed E-state index contributed by atoms with van der Waals surface area (Å²) >= 11 is 0. The molecular weight excluding hydrogens is 315 g/mol. The first-order valence-corrected chi connectivity index (χ1v) is 7.98. The van der Waals surface area contributed by atoms with E-state index in [1.54, 1.807) is 36.4 Å². The topological polar surface area (TPSA) is 66.9 Å². The second-order valence-corrected chi connectivity index (χ2v) is 5.49. The maximum absolute atomic E-state index is 12.7. The van der Waals surface area contributed by atoms with Crippen LogP contribution in [0.5, 0.6) is 0 Å². The van der Waals surface area contributed by atoms with Crippen LogP contribution in [0.1, 0.15) is 11.6 Å². The normalized spacial score (nSPS) is 18.3. The van der Waals surface area contributed by atoms with Crippen molar-refractivity contribution in [2.75, 3.05) is 11.6 Å². The maximum Gasteiger partial charge on any atom is 0.334 e. The van der Waals surface area contributed by atoms with Crippen molar-refractivity contribution in [2.24, 2.45) is 0 Å². The summed E-state index contributed by atoms with van der Waals surface area (Å²) in [6.07, 6.45) is 0. The predicted molar refractivity (Wildman–Crippen MR) is 86.7 cm³/mol. The molecule has 0 aromatic heterocycles. The van der Waals surface area contributed by atoms with Crippen LogP contribution < -0.4 is 4.90 Å². The van der Waals surface area contributed by atoms with Crippen LogP contribution in [-0.2, 0) is 13.9 Å². The highest BCUT2D eigenvalue weighted by molar-refractivity contribution is 7.17. The van der Waals surface area contributed by atoms with E-state index >= 15 is 0 Å². The Hall–Kier alpha value is -2.43. The Morgan fingerprint density at radius 2 is 1.57 bits per heavy atom. The number of rotatable bonds is 5. The van der Waals surface area contributed by atoms with Crippen LogP contribution in [0.25, 0.3) is 0 Å². The number of carbonyl (C=O) groups is 2. The molecule has 7 heteroatoms. The predicted octanol–water partition coefficient (Wildman–Crippen LogP) is 2.84. The molecule has 6 nitrogen and oxygen atoms in total. The van der Waals surface area contributed by atoms with E-state index in [9.17, 15) is 14.2 Å². The van der Waals surface area contributed by atoms with E-state index in [0.717, 1.165) is 4.90 Å². The van der Waals surface area contributed by atoms with Gasteiger partial charge < -0.3 is 4.52 Å². The van der Waals surface area contributed by atoms with Crippen LogP contribution >= 0.6 is 8.69 Å². The summed E-state index contributed by atoms with van der Waals surface area (Å²) in [4.78, 5) is 27.8. The summed E-state index contributed by atoms with van der Waals surface area (Å²) in [5.74, 6) is -0.391. The minimum absolute atomic E-state index is 0.302. The number of urea groups is 1. The highest BCUT2D eigenvalue weighted by Gasteiger charge is 2.46. The molecule has 1 aliphatic heterocycles. The van der Waals surface area contributed by atoms with Gasteiger partial charge in [0.25, 0.3) is 5.91 Å². The Balaban J connectivity index is 2.04. The molecule has 1 fully saturated rings. The van der Waals surface area contributed by atoms with Gasteiger partial charge in [0, 0.05) is 5.69 Å². The van der Waals surface area contributed by atoms with Crippen molar-refractivity contribution in [1.82, 2.24) is 4.90 Å². The summed E-state index contributed by atoms with van der Waals surface area (Å²) in [6, 6.07) is 16.8. The third-order valence-corrected chi connectivity index (χ3v) is 3.90. The Morgan fingerprint density at radius 3 is 2.17 bits per heavy atom. The lowest BCUT2D eigenvalue weighted by Crippen LogP contribution is -2.34. The quantitative estimate of drug-likeness (QED) is 0.624. The first-order chi connectivity index (χ1) is 11.2. The van der Waals surface area contributed by atoms with Crippen molar-refractivity contribution >= 4 is 26.3 Å². The molecule has 0 radical (unpaired) electrons. The monoisotopic (exact) mass is 330 g/mol. The molecule has 3 amide bonds. The van der Waals surface area contributed by atoms with E-state index in [0.29, 0.717) is 11.3 Å². The zero-order chi connectivity index (χ0) is 16.2. The number of para-hydroxylation sites is 1. The Morgan fingerprint density at radius 1 is 0.957 bits per heavy atom. The van der Waals surface area contributed by atoms with E-state index in [-0.39, 0.29) is 6.73 Å². The van der Waals surface area contributed by atoms with Gasteiger partial charge in [-0.05, 0) is 17.7 Å². The van der Waals surface area contributed by atoms with Crippen molar-refractivity contribution in [3.05, 3.63) is 66.2 Å². The highest BCUT2D eigenvalue weighted by atomic mass is 31.1. The second kappa shape index (κ2) is 6.77. The lowest BCUT2D eigenvalue weighted by atomic mass is 10.1. The third kappa shape index (κ3) is 2.91. The smallest absolute Gasteiger partial charge is 0.310 e. The van der Waals surface area contributed by atoms with Crippen LogP contribution in [0.15, 0.2) is 60.7 Å². The van der Waals surface area contributed by atoms with Crippen molar-refractivity contribution < 1.29 is 18.7 Å². The Bertz CT molecular complexity index is 666. The van der Waals surface area contributed by atoms with Gasteiger partial charge in [-0.15, -0.1) is 0 Å². The van der Waals surface area contributed by atoms with Gasteiger partial charge in [-0.2, -0.15) is 0 Å². The standard InChI is InChI=1S/C16H15N2O4P/c19-15-14(12-7-3-1-4-8-12)18(13-9-5-2-6-10-13)16(20)17(15)11-22-23-21/h1-10,14H,11,23H2. The number of hydrogen-bond donors (Lipinski definition) is 0. The fraction of sp³-hybridized carbons (Fsp3) is 0.125.